The molecule has 0 aromatic heterocycles. The molecule has 1 saturated heterocycles. The summed E-state index contributed by atoms with van der Waals surface area (Å²) in [7, 11) is 0. The molecule has 2 unspecified atom stereocenters. The van der Waals surface area contributed by atoms with E-state index in [2.05, 4.69) is 17.1 Å². The van der Waals surface area contributed by atoms with Crippen LogP contribution in [0.2, 0.25) is 0 Å². The average Bonchev–Trinajstić information content (AvgIpc) is 3.12. The van der Waals surface area contributed by atoms with Crippen LogP contribution in [0.15, 0.2) is 0 Å². The molecule has 0 spiro atoms. The second-order valence-corrected chi connectivity index (χ2v) is 5.61. The highest BCUT2D eigenvalue weighted by molar-refractivity contribution is 5.76. The number of hydrogen-bond donors (Lipinski definition) is 2. The fourth-order valence-corrected chi connectivity index (χ4v) is 2.54. The van der Waals surface area contributed by atoms with Crippen LogP contribution in [0.4, 0.5) is 0 Å². The molecule has 1 amide bonds. The fraction of sp³-hybridized carbons (Fsp3) is 0.923. The van der Waals surface area contributed by atoms with Crippen LogP contribution in [-0.2, 0) is 4.79 Å². The lowest BCUT2D eigenvalue weighted by Crippen LogP contribution is -2.45. The molecule has 1 saturated carbocycles. The molecule has 0 aromatic rings. The van der Waals surface area contributed by atoms with Crippen molar-refractivity contribution in [1.29, 1.82) is 0 Å². The monoisotopic (exact) mass is 239 g/mol. The maximum absolute atomic E-state index is 11.6. The van der Waals surface area contributed by atoms with Gasteiger partial charge in [0.2, 0.25) is 5.91 Å². The summed E-state index contributed by atoms with van der Waals surface area (Å²) >= 11 is 0. The van der Waals surface area contributed by atoms with Gasteiger partial charge in [-0.2, -0.15) is 0 Å². The lowest BCUT2D eigenvalue weighted by molar-refractivity contribution is -0.121. The van der Waals surface area contributed by atoms with Gasteiger partial charge in [0.05, 0.1) is 0 Å². The predicted octanol–water partition coefficient (Wildman–Crippen LogP) is 0.714. The molecule has 2 aliphatic rings. The van der Waals surface area contributed by atoms with Crippen LogP contribution in [0.1, 0.15) is 39.0 Å². The van der Waals surface area contributed by atoms with E-state index < -0.39 is 0 Å². The van der Waals surface area contributed by atoms with Crippen LogP contribution < -0.4 is 11.1 Å². The summed E-state index contributed by atoms with van der Waals surface area (Å²) in [6.45, 7) is 4.98. The van der Waals surface area contributed by atoms with Crippen LogP contribution in [0, 0.1) is 5.92 Å². The Kier molecular flexibility index (Phi) is 4.40. The summed E-state index contributed by atoms with van der Waals surface area (Å²) < 4.78 is 0. The van der Waals surface area contributed by atoms with E-state index in [-0.39, 0.29) is 5.91 Å². The van der Waals surface area contributed by atoms with E-state index in [9.17, 15) is 4.79 Å². The summed E-state index contributed by atoms with van der Waals surface area (Å²) in [5.41, 5.74) is 5.74. The summed E-state index contributed by atoms with van der Waals surface area (Å²) in [6, 6.07) is 1.09. The maximum Gasteiger partial charge on any atom is 0.221 e. The number of rotatable bonds is 5. The second kappa shape index (κ2) is 5.83. The Balaban J connectivity index is 1.70. The van der Waals surface area contributed by atoms with Crippen molar-refractivity contribution in [2.24, 2.45) is 11.7 Å². The van der Waals surface area contributed by atoms with Gasteiger partial charge < -0.3 is 11.1 Å². The number of nitrogens with two attached hydrogens (primary N) is 1. The van der Waals surface area contributed by atoms with E-state index in [0.29, 0.717) is 24.4 Å². The minimum atomic E-state index is 0.217. The number of carbonyl (C=O) groups is 1. The highest BCUT2D eigenvalue weighted by Crippen LogP contribution is 2.21. The number of nitrogens with one attached hydrogen (secondary N) is 1. The van der Waals surface area contributed by atoms with Crippen molar-refractivity contribution in [3.8, 4) is 0 Å². The molecule has 1 aliphatic carbocycles. The molecule has 2 rings (SSSR count). The number of carbonyl (C=O) groups excluding carboxylic acids is 1. The number of amides is 1. The fourth-order valence-electron chi connectivity index (χ4n) is 2.54. The largest absolute Gasteiger partial charge is 0.353 e. The van der Waals surface area contributed by atoms with Gasteiger partial charge in [-0.05, 0) is 45.1 Å². The van der Waals surface area contributed by atoms with Crippen LogP contribution >= 0.6 is 0 Å². The Morgan fingerprint density at radius 2 is 2.12 bits per heavy atom. The van der Waals surface area contributed by atoms with E-state index in [1.807, 2.05) is 0 Å². The Labute approximate surface area is 104 Å². The number of nitrogens with zero attached hydrogens (tertiary/aromatic N) is 1. The second-order valence-electron chi connectivity index (χ2n) is 5.61. The minimum absolute atomic E-state index is 0.217. The van der Waals surface area contributed by atoms with Crippen LogP contribution in [0.3, 0.4) is 0 Å². The zero-order valence-corrected chi connectivity index (χ0v) is 10.8. The highest BCUT2D eigenvalue weighted by Gasteiger charge is 2.26. The third-order valence-corrected chi connectivity index (χ3v) is 4.01. The zero-order valence-electron chi connectivity index (χ0n) is 10.8. The quantitative estimate of drug-likeness (QED) is 0.743. The Bertz CT molecular complexity index is 265. The van der Waals surface area contributed by atoms with Crippen molar-refractivity contribution < 1.29 is 4.79 Å². The number of likely N-dealkylation sites (tertiary alicyclic amines) is 1. The van der Waals surface area contributed by atoms with Crippen molar-refractivity contribution in [1.82, 2.24) is 10.2 Å². The van der Waals surface area contributed by atoms with Crippen molar-refractivity contribution in [2.45, 2.75) is 51.1 Å². The normalized spacial score (nSPS) is 30.2. The van der Waals surface area contributed by atoms with Gasteiger partial charge in [0.25, 0.3) is 0 Å². The molecule has 1 heterocycles. The van der Waals surface area contributed by atoms with Gasteiger partial charge in [-0.15, -0.1) is 0 Å². The summed E-state index contributed by atoms with van der Waals surface area (Å²) in [6.07, 6.45) is 5.43. The van der Waals surface area contributed by atoms with E-state index in [1.54, 1.807) is 0 Å². The predicted molar refractivity (Wildman–Crippen MR) is 68.6 cm³/mol. The summed E-state index contributed by atoms with van der Waals surface area (Å²) in [5.74, 6) is 0.840. The molecule has 0 radical (unpaired) electrons. The molecule has 0 aromatic carbocycles. The first-order valence-electron chi connectivity index (χ1n) is 6.92. The molecular formula is C13H25N3O. The van der Waals surface area contributed by atoms with E-state index in [0.717, 1.165) is 19.6 Å². The van der Waals surface area contributed by atoms with Crippen LogP contribution in [-0.4, -0.2) is 42.5 Å². The van der Waals surface area contributed by atoms with E-state index >= 15 is 0 Å². The standard InChI is InChI=1S/C13H25N3O/c1-10-2-3-11(8-14)9-16(10)7-6-13(17)15-12-4-5-12/h10-12H,2-9,14H2,1H3,(H,15,17). The molecular weight excluding hydrogens is 214 g/mol. The summed E-state index contributed by atoms with van der Waals surface area (Å²) in [4.78, 5) is 14.1. The van der Waals surface area contributed by atoms with Gasteiger partial charge in [0.15, 0.2) is 0 Å². The first-order chi connectivity index (χ1) is 8.19. The molecule has 98 valence electrons. The molecule has 1 aliphatic heterocycles. The van der Waals surface area contributed by atoms with Crippen LogP contribution in [0.25, 0.3) is 0 Å². The van der Waals surface area contributed by atoms with Gasteiger partial charge in [-0.25, -0.2) is 0 Å². The van der Waals surface area contributed by atoms with E-state index in [1.165, 1.54) is 25.7 Å². The molecule has 2 atom stereocenters. The van der Waals surface area contributed by atoms with Crippen LogP contribution in [0.5, 0.6) is 0 Å². The molecule has 4 nitrogen and oxygen atoms in total. The molecule has 3 N–H and O–H groups in total. The smallest absolute Gasteiger partial charge is 0.221 e. The maximum atomic E-state index is 11.6. The van der Waals surface area contributed by atoms with Crippen molar-refractivity contribution in [3.05, 3.63) is 0 Å². The lowest BCUT2D eigenvalue weighted by atomic mass is 9.93. The summed E-state index contributed by atoms with van der Waals surface area (Å²) in [5, 5.41) is 3.04. The molecule has 2 fully saturated rings. The first-order valence-corrected chi connectivity index (χ1v) is 6.92. The van der Waals surface area contributed by atoms with Gasteiger partial charge in [-0.3, -0.25) is 9.69 Å². The third-order valence-electron chi connectivity index (χ3n) is 4.01. The number of hydrogen-bond acceptors (Lipinski definition) is 3. The Morgan fingerprint density at radius 3 is 2.76 bits per heavy atom. The number of piperidine rings is 1. The highest BCUT2D eigenvalue weighted by atomic mass is 16.1. The van der Waals surface area contributed by atoms with Crippen molar-refractivity contribution in [3.63, 3.8) is 0 Å². The van der Waals surface area contributed by atoms with Gasteiger partial charge in [0, 0.05) is 31.6 Å². The van der Waals surface area contributed by atoms with Gasteiger partial charge in [-0.1, -0.05) is 0 Å². The van der Waals surface area contributed by atoms with Gasteiger partial charge >= 0.3 is 0 Å². The third kappa shape index (κ3) is 3.96. The lowest BCUT2D eigenvalue weighted by Gasteiger charge is -2.37. The topological polar surface area (TPSA) is 58.4 Å². The van der Waals surface area contributed by atoms with Crippen molar-refractivity contribution >= 4 is 5.91 Å². The van der Waals surface area contributed by atoms with E-state index in [4.69, 9.17) is 5.73 Å². The molecule has 17 heavy (non-hydrogen) atoms. The zero-order chi connectivity index (χ0) is 12.3. The molecule has 0 bridgehead atoms. The SMILES string of the molecule is CC1CCC(CN)CN1CCC(=O)NC1CC1. The average molecular weight is 239 g/mol. The van der Waals surface area contributed by atoms with Gasteiger partial charge in [0.1, 0.15) is 0 Å². The first kappa shape index (κ1) is 12.8. The minimum Gasteiger partial charge on any atom is -0.353 e. The van der Waals surface area contributed by atoms with Crippen molar-refractivity contribution in [2.75, 3.05) is 19.6 Å². The Hall–Kier alpha value is -0.610. The molecule has 4 heteroatoms. The Morgan fingerprint density at radius 1 is 1.35 bits per heavy atom.